The highest BCUT2D eigenvalue weighted by Gasteiger charge is 2.14. The maximum atomic E-state index is 12.9. The van der Waals surface area contributed by atoms with E-state index in [1.54, 1.807) is 36.4 Å². The van der Waals surface area contributed by atoms with Crippen molar-refractivity contribution in [2.24, 2.45) is 0 Å². The minimum absolute atomic E-state index is 0.0163. The second kappa shape index (κ2) is 7.53. The molecule has 7 heteroatoms. The zero-order valence-electron chi connectivity index (χ0n) is 13.6. The van der Waals surface area contributed by atoms with Crippen LogP contribution in [0.1, 0.15) is 5.56 Å². The highest BCUT2D eigenvalue weighted by atomic mass is 32.2. The molecule has 3 rings (SSSR count). The van der Waals surface area contributed by atoms with E-state index in [2.05, 4.69) is 10.0 Å². The van der Waals surface area contributed by atoms with Gasteiger partial charge < -0.3 is 5.32 Å². The predicted molar refractivity (Wildman–Crippen MR) is 97.4 cm³/mol. The van der Waals surface area contributed by atoms with Gasteiger partial charge in [0.25, 0.3) is 10.0 Å². The maximum Gasteiger partial charge on any atom is 0.261 e. The first-order valence-electron chi connectivity index (χ1n) is 7.79. The van der Waals surface area contributed by atoms with Gasteiger partial charge in [0.05, 0.1) is 4.90 Å². The summed E-state index contributed by atoms with van der Waals surface area (Å²) in [5.41, 5.74) is 2.10. The molecule has 0 saturated carbocycles. The minimum atomic E-state index is -3.77. The molecule has 3 aromatic rings. The Balaban J connectivity index is 1.63. The molecular formula is C19H16F2N2O2S. The maximum absolute atomic E-state index is 12.9. The molecule has 0 unspecified atom stereocenters. The zero-order chi connectivity index (χ0) is 18.6. The lowest BCUT2D eigenvalue weighted by molar-refractivity contribution is 0.599. The standard InChI is InChI=1S/C19H16F2N2O2S/c20-15-3-1-14(2-4-15)13-22-17-7-9-18(10-8-17)23-26(24,25)19-11-5-16(21)6-12-19/h1-12,22-23H,13H2. The van der Waals surface area contributed by atoms with Crippen LogP contribution in [-0.4, -0.2) is 8.42 Å². The summed E-state index contributed by atoms with van der Waals surface area (Å²) in [5, 5.41) is 3.17. The molecular weight excluding hydrogens is 358 g/mol. The molecule has 134 valence electrons. The first-order chi connectivity index (χ1) is 12.4. The van der Waals surface area contributed by atoms with Crippen molar-refractivity contribution < 1.29 is 17.2 Å². The second-order valence-corrected chi connectivity index (χ2v) is 7.30. The molecule has 3 aromatic carbocycles. The van der Waals surface area contributed by atoms with E-state index in [1.165, 1.54) is 24.3 Å². The summed E-state index contributed by atoms with van der Waals surface area (Å²) in [4.78, 5) is -0.0163. The number of hydrogen-bond acceptors (Lipinski definition) is 3. The molecule has 0 aliphatic rings. The molecule has 0 heterocycles. The van der Waals surface area contributed by atoms with Crippen LogP contribution in [0.25, 0.3) is 0 Å². The van der Waals surface area contributed by atoms with Crippen LogP contribution in [0, 0.1) is 11.6 Å². The lowest BCUT2D eigenvalue weighted by Crippen LogP contribution is -2.12. The summed E-state index contributed by atoms with van der Waals surface area (Å²) in [5.74, 6) is -0.785. The van der Waals surface area contributed by atoms with Crippen LogP contribution < -0.4 is 10.0 Å². The third kappa shape index (κ3) is 4.58. The average Bonchev–Trinajstić information content (AvgIpc) is 2.62. The number of nitrogens with one attached hydrogen (secondary N) is 2. The average molecular weight is 374 g/mol. The number of anilines is 2. The Morgan fingerprint density at radius 2 is 1.19 bits per heavy atom. The summed E-state index contributed by atoms with van der Waals surface area (Å²) >= 11 is 0. The lowest BCUT2D eigenvalue weighted by Gasteiger charge is -2.10. The number of halogens is 2. The van der Waals surface area contributed by atoms with Crippen molar-refractivity contribution in [3.63, 3.8) is 0 Å². The van der Waals surface area contributed by atoms with E-state index in [1.807, 2.05) is 0 Å². The van der Waals surface area contributed by atoms with E-state index in [-0.39, 0.29) is 10.7 Å². The SMILES string of the molecule is O=S(=O)(Nc1ccc(NCc2ccc(F)cc2)cc1)c1ccc(F)cc1. The molecule has 2 N–H and O–H groups in total. The number of benzene rings is 3. The summed E-state index contributed by atoms with van der Waals surface area (Å²) < 4.78 is 52.8. The molecule has 0 aromatic heterocycles. The topological polar surface area (TPSA) is 58.2 Å². The first-order valence-corrected chi connectivity index (χ1v) is 9.27. The molecule has 26 heavy (non-hydrogen) atoms. The van der Waals surface area contributed by atoms with Gasteiger partial charge >= 0.3 is 0 Å². The number of hydrogen-bond donors (Lipinski definition) is 2. The van der Waals surface area contributed by atoms with Gasteiger partial charge in [-0.25, -0.2) is 17.2 Å². The molecule has 0 bridgehead atoms. The first kappa shape index (κ1) is 17.9. The van der Waals surface area contributed by atoms with Crippen LogP contribution in [0.2, 0.25) is 0 Å². The van der Waals surface area contributed by atoms with Gasteiger partial charge in [0.2, 0.25) is 0 Å². The Morgan fingerprint density at radius 3 is 1.77 bits per heavy atom. The van der Waals surface area contributed by atoms with E-state index in [4.69, 9.17) is 0 Å². The Labute approximate surface area is 150 Å². The van der Waals surface area contributed by atoms with Gasteiger partial charge in [-0.05, 0) is 66.2 Å². The van der Waals surface area contributed by atoms with Gasteiger partial charge in [-0.15, -0.1) is 0 Å². The molecule has 0 amide bonds. The van der Waals surface area contributed by atoms with Crippen LogP contribution >= 0.6 is 0 Å². The molecule has 0 fully saturated rings. The van der Waals surface area contributed by atoms with Crippen molar-refractivity contribution in [2.75, 3.05) is 10.0 Å². The highest BCUT2D eigenvalue weighted by molar-refractivity contribution is 7.92. The van der Waals surface area contributed by atoms with E-state index < -0.39 is 15.8 Å². The Hall–Kier alpha value is -2.93. The molecule has 0 aliphatic carbocycles. The van der Waals surface area contributed by atoms with Crippen LogP contribution in [0.5, 0.6) is 0 Å². The Kier molecular flexibility index (Phi) is 5.18. The number of sulfonamides is 1. The van der Waals surface area contributed by atoms with Crippen LogP contribution in [0.3, 0.4) is 0 Å². The van der Waals surface area contributed by atoms with Crippen molar-refractivity contribution in [2.45, 2.75) is 11.4 Å². The van der Waals surface area contributed by atoms with Crippen molar-refractivity contribution in [3.8, 4) is 0 Å². The third-order valence-electron chi connectivity index (χ3n) is 3.67. The van der Waals surface area contributed by atoms with Crippen molar-refractivity contribution in [1.29, 1.82) is 0 Å². The Bertz CT molecular complexity index is 972. The van der Waals surface area contributed by atoms with Gasteiger partial charge in [0.1, 0.15) is 11.6 Å². The fourth-order valence-electron chi connectivity index (χ4n) is 2.29. The fourth-order valence-corrected chi connectivity index (χ4v) is 3.35. The van der Waals surface area contributed by atoms with Crippen LogP contribution in [-0.2, 0) is 16.6 Å². The third-order valence-corrected chi connectivity index (χ3v) is 5.07. The zero-order valence-corrected chi connectivity index (χ0v) is 14.4. The minimum Gasteiger partial charge on any atom is -0.381 e. The van der Waals surface area contributed by atoms with Crippen molar-refractivity contribution in [3.05, 3.63) is 90.0 Å². The molecule has 0 radical (unpaired) electrons. The van der Waals surface area contributed by atoms with Crippen LogP contribution in [0.4, 0.5) is 20.2 Å². The highest BCUT2D eigenvalue weighted by Crippen LogP contribution is 2.19. The van der Waals surface area contributed by atoms with Gasteiger partial charge in [-0.3, -0.25) is 4.72 Å². The van der Waals surface area contributed by atoms with Crippen LogP contribution in [0.15, 0.2) is 77.7 Å². The summed E-state index contributed by atoms with van der Waals surface area (Å²) in [6, 6.07) is 17.5. The molecule has 4 nitrogen and oxygen atoms in total. The normalized spacial score (nSPS) is 11.2. The summed E-state index contributed by atoms with van der Waals surface area (Å²) in [6.07, 6.45) is 0. The number of rotatable bonds is 6. The second-order valence-electron chi connectivity index (χ2n) is 5.62. The van der Waals surface area contributed by atoms with E-state index in [9.17, 15) is 17.2 Å². The van der Waals surface area contributed by atoms with Gasteiger partial charge in [-0.2, -0.15) is 0 Å². The quantitative estimate of drug-likeness (QED) is 0.673. The smallest absolute Gasteiger partial charge is 0.261 e. The van der Waals surface area contributed by atoms with Crippen molar-refractivity contribution >= 4 is 21.4 Å². The fraction of sp³-hybridized carbons (Fsp3) is 0.0526. The molecule has 0 atom stereocenters. The van der Waals surface area contributed by atoms with E-state index in [0.29, 0.717) is 12.2 Å². The summed E-state index contributed by atoms with van der Waals surface area (Å²) in [7, 11) is -3.77. The van der Waals surface area contributed by atoms with Crippen molar-refractivity contribution in [1.82, 2.24) is 0 Å². The Morgan fingerprint density at radius 1 is 0.692 bits per heavy atom. The van der Waals surface area contributed by atoms with E-state index in [0.717, 1.165) is 23.4 Å². The lowest BCUT2D eigenvalue weighted by atomic mass is 10.2. The monoisotopic (exact) mass is 374 g/mol. The summed E-state index contributed by atoms with van der Waals surface area (Å²) in [6.45, 7) is 0.515. The van der Waals surface area contributed by atoms with Gasteiger partial charge in [-0.1, -0.05) is 12.1 Å². The predicted octanol–water partition coefficient (Wildman–Crippen LogP) is 4.38. The largest absolute Gasteiger partial charge is 0.381 e. The molecule has 0 saturated heterocycles. The van der Waals surface area contributed by atoms with E-state index >= 15 is 0 Å². The van der Waals surface area contributed by atoms with Gasteiger partial charge in [0, 0.05) is 17.9 Å². The van der Waals surface area contributed by atoms with Gasteiger partial charge in [0.15, 0.2) is 0 Å². The molecule has 0 spiro atoms. The molecule has 0 aliphatic heterocycles.